The average Bonchev–Trinajstić information content (AvgIpc) is 3.33. The molecule has 1 aliphatic rings. The lowest BCUT2D eigenvalue weighted by Gasteiger charge is -2.27. The molecule has 3 heterocycles. The number of carbonyl (C=O) groups is 2. The first-order chi connectivity index (χ1) is 16.7. The minimum Gasteiger partial charge on any atom is -0.361 e. The monoisotopic (exact) mass is 478 g/mol. The van der Waals surface area contributed by atoms with E-state index in [1.165, 1.54) is 0 Å². The summed E-state index contributed by atoms with van der Waals surface area (Å²) >= 11 is 0. The fourth-order valence-electron chi connectivity index (χ4n) is 4.60. The molecule has 0 saturated carbocycles. The summed E-state index contributed by atoms with van der Waals surface area (Å²) in [5.41, 5.74) is 4.77. The minimum atomic E-state index is -0.185. The van der Waals surface area contributed by atoms with Gasteiger partial charge >= 0.3 is 0 Å². The van der Waals surface area contributed by atoms with Gasteiger partial charge in [-0.1, -0.05) is 23.4 Å². The highest BCUT2D eigenvalue weighted by molar-refractivity contribution is 5.95. The maximum absolute atomic E-state index is 13.9. The zero-order valence-electron chi connectivity index (χ0n) is 21.2. The first-order valence-corrected chi connectivity index (χ1v) is 12.0. The molecule has 0 atom stereocenters. The second-order valence-electron chi connectivity index (χ2n) is 9.33. The van der Waals surface area contributed by atoms with E-state index in [1.807, 2.05) is 67.7 Å². The molecule has 1 aliphatic heterocycles. The number of hydrogen-bond acceptors (Lipinski definition) is 6. The largest absolute Gasteiger partial charge is 0.361 e. The average molecular weight is 479 g/mol. The Morgan fingerprint density at radius 3 is 2.54 bits per heavy atom. The second-order valence-corrected chi connectivity index (χ2v) is 9.33. The van der Waals surface area contributed by atoms with E-state index < -0.39 is 0 Å². The molecular formula is C26H34N6O3. The molecule has 0 unspecified atom stereocenters. The van der Waals surface area contributed by atoms with Crippen molar-refractivity contribution in [2.45, 2.75) is 47.2 Å². The third-order valence-electron chi connectivity index (χ3n) is 6.58. The van der Waals surface area contributed by atoms with Crippen LogP contribution < -0.4 is 4.90 Å². The normalized spacial score (nSPS) is 15.6. The lowest BCUT2D eigenvalue weighted by atomic mass is 10.1. The number of likely N-dealkylation sites (N-methyl/N-ethyl adjacent to an activating group) is 1. The van der Waals surface area contributed by atoms with Gasteiger partial charge in [-0.15, -0.1) is 0 Å². The first-order valence-electron chi connectivity index (χ1n) is 12.0. The van der Waals surface area contributed by atoms with Gasteiger partial charge in [-0.2, -0.15) is 5.10 Å². The number of rotatable bonds is 3. The van der Waals surface area contributed by atoms with Crippen molar-refractivity contribution in [1.82, 2.24) is 24.7 Å². The highest BCUT2D eigenvalue weighted by Gasteiger charge is 2.27. The molecule has 9 nitrogen and oxygen atoms in total. The molecule has 9 heteroatoms. The third kappa shape index (κ3) is 5.45. The molecule has 186 valence electrons. The number of amides is 2. The first kappa shape index (κ1) is 24.7. The van der Waals surface area contributed by atoms with E-state index in [2.05, 4.69) is 15.2 Å². The summed E-state index contributed by atoms with van der Waals surface area (Å²) in [6.45, 7) is 10.9. The Morgan fingerprint density at radius 2 is 1.83 bits per heavy atom. The van der Waals surface area contributed by atoms with Crippen molar-refractivity contribution in [3.8, 4) is 0 Å². The molecule has 0 radical (unpaired) electrons. The number of anilines is 1. The van der Waals surface area contributed by atoms with Crippen molar-refractivity contribution in [3.63, 3.8) is 0 Å². The van der Waals surface area contributed by atoms with Crippen LogP contribution in [0.5, 0.6) is 0 Å². The van der Waals surface area contributed by atoms with Crippen LogP contribution in [-0.2, 0) is 17.9 Å². The molecule has 2 aromatic heterocycles. The summed E-state index contributed by atoms with van der Waals surface area (Å²) in [5, 5.41) is 8.71. The van der Waals surface area contributed by atoms with Crippen LogP contribution in [-0.4, -0.2) is 69.8 Å². The van der Waals surface area contributed by atoms with Gasteiger partial charge in [0, 0.05) is 50.0 Å². The summed E-state index contributed by atoms with van der Waals surface area (Å²) in [5.74, 6) is 0.422. The second kappa shape index (κ2) is 10.4. The Hall–Kier alpha value is -3.46. The van der Waals surface area contributed by atoms with Crippen LogP contribution in [0.4, 0.5) is 5.69 Å². The fraction of sp³-hybridized carbons (Fsp3) is 0.462. The number of benzene rings is 1. The molecule has 0 fully saturated rings. The van der Waals surface area contributed by atoms with E-state index in [-0.39, 0.29) is 11.8 Å². The molecule has 2 amide bonds. The van der Waals surface area contributed by atoms with Gasteiger partial charge in [-0.3, -0.25) is 14.3 Å². The smallest absolute Gasteiger partial charge is 0.276 e. The fourth-order valence-corrected chi connectivity index (χ4v) is 4.60. The summed E-state index contributed by atoms with van der Waals surface area (Å²) in [6, 6.07) is 9.82. The molecular weight excluding hydrogens is 444 g/mol. The van der Waals surface area contributed by atoms with Crippen molar-refractivity contribution < 1.29 is 14.1 Å². The Balaban J connectivity index is 1.69. The van der Waals surface area contributed by atoms with Gasteiger partial charge in [-0.05, 0) is 58.5 Å². The van der Waals surface area contributed by atoms with E-state index in [0.29, 0.717) is 37.6 Å². The van der Waals surface area contributed by atoms with Crippen molar-refractivity contribution in [1.29, 1.82) is 0 Å². The van der Waals surface area contributed by atoms with Gasteiger partial charge in [0.1, 0.15) is 5.76 Å². The van der Waals surface area contributed by atoms with Gasteiger partial charge in [0.05, 0.1) is 12.2 Å². The zero-order valence-corrected chi connectivity index (χ0v) is 21.2. The van der Waals surface area contributed by atoms with Crippen LogP contribution >= 0.6 is 0 Å². The van der Waals surface area contributed by atoms with Gasteiger partial charge in [0.15, 0.2) is 5.69 Å². The molecule has 35 heavy (non-hydrogen) atoms. The van der Waals surface area contributed by atoms with Gasteiger partial charge in [-0.25, -0.2) is 0 Å². The topological polar surface area (TPSA) is 87.7 Å². The van der Waals surface area contributed by atoms with Crippen LogP contribution in [0, 0.1) is 20.8 Å². The Labute approximate surface area is 206 Å². The number of carbonyl (C=O) groups excluding carboxylic acids is 2. The molecule has 0 N–H and O–H groups in total. The number of hydrogen-bond donors (Lipinski definition) is 0. The van der Waals surface area contributed by atoms with Gasteiger partial charge in [0.2, 0.25) is 5.91 Å². The molecule has 4 rings (SSSR count). The maximum atomic E-state index is 13.9. The lowest BCUT2D eigenvalue weighted by molar-refractivity contribution is -0.116. The van der Waals surface area contributed by atoms with Crippen molar-refractivity contribution in [2.24, 2.45) is 0 Å². The Morgan fingerprint density at radius 1 is 1.06 bits per heavy atom. The Kier molecular flexibility index (Phi) is 7.35. The van der Waals surface area contributed by atoms with E-state index in [4.69, 9.17) is 4.52 Å². The van der Waals surface area contributed by atoms with Crippen LogP contribution in [0.1, 0.15) is 52.1 Å². The summed E-state index contributed by atoms with van der Waals surface area (Å²) in [7, 11) is 2.04. The molecule has 0 spiro atoms. The van der Waals surface area contributed by atoms with E-state index in [1.54, 1.807) is 11.8 Å². The quantitative estimate of drug-likeness (QED) is 0.575. The third-order valence-corrected chi connectivity index (χ3v) is 6.58. The summed E-state index contributed by atoms with van der Waals surface area (Å²) in [6.07, 6.45) is 0.855. The van der Waals surface area contributed by atoms with Crippen LogP contribution in [0.15, 0.2) is 34.9 Å². The van der Waals surface area contributed by atoms with Crippen LogP contribution in [0.3, 0.4) is 0 Å². The molecule has 0 bridgehead atoms. The summed E-state index contributed by atoms with van der Waals surface area (Å²) < 4.78 is 7.35. The molecule has 0 aliphatic carbocycles. The number of aryl methyl sites for hydroxylation is 3. The van der Waals surface area contributed by atoms with Gasteiger partial charge in [0.25, 0.3) is 5.91 Å². The van der Waals surface area contributed by atoms with Crippen molar-refractivity contribution in [3.05, 3.63) is 64.3 Å². The zero-order chi connectivity index (χ0) is 25.1. The van der Waals surface area contributed by atoms with E-state index in [9.17, 15) is 9.59 Å². The minimum absolute atomic E-state index is 0.00322. The number of aromatic nitrogens is 3. The number of fused-ring (bicyclic) bond motifs is 1. The lowest BCUT2D eigenvalue weighted by Crippen LogP contribution is -2.38. The Bertz CT molecular complexity index is 1210. The highest BCUT2D eigenvalue weighted by Crippen LogP contribution is 2.25. The van der Waals surface area contributed by atoms with Crippen LogP contribution in [0.2, 0.25) is 0 Å². The van der Waals surface area contributed by atoms with E-state index >= 15 is 0 Å². The predicted octanol–water partition coefficient (Wildman–Crippen LogP) is 3.18. The van der Waals surface area contributed by atoms with Crippen molar-refractivity contribution in [2.75, 3.05) is 38.1 Å². The standard InChI is InChI=1S/C26H34N6O3/c1-18-15-19(2)32(27-18)17-23-20(3)35-28-25(23)26(34)30-14-13-29(5)11-8-12-31(21(4)33)24-10-7-6-9-22(24)16-30/h6-7,9-10,15H,8,11-14,16-17H2,1-5H3. The predicted molar refractivity (Wildman–Crippen MR) is 133 cm³/mol. The number of para-hydroxylation sites is 1. The molecule has 3 aromatic rings. The van der Waals surface area contributed by atoms with Gasteiger partial charge < -0.3 is 19.2 Å². The SMILES string of the molecule is CC(=O)N1CCCN(C)CCN(C(=O)c2noc(C)c2Cn2nc(C)cc2C)Cc2ccccc21. The van der Waals surface area contributed by atoms with E-state index in [0.717, 1.165) is 47.7 Å². The van der Waals surface area contributed by atoms with Crippen LogP contribution in [0.25, 0.3) is 0 Å². The highest BCUT2D eigenvalue weighted by atomic mass is 16.5. The number of nitrogens with zero attached hydrogens (tertiary/aromatic N) is 6. The molecule has 0 saturated heterocycles. The van der Waals surface area contributed by atoms with Crippen molar-refractivity contribution >= 4 is 17.5 Å². The maximum Gasteiger partial charge on any atom is 0.276 e. The molecule has 1 aromatic carbocycles. The summed E-state index contributed by atoms with van der Waals surface area (Å²) in [4.78, 5) is 32.2.